The Balaban J connectivity index is 1.50. The molecular weight excluding hydrogens is 386 g/mol. The van der Waals surface area contributed by atoms with Gasteiger partial charge in [-0.25, -0.2) is 9.50 Å². The summed E-state index contributed by atoms with van der Waals surface area (Å²) in [6.07, 6.45) is 1.59. The third-order valence-corrected chi connectivity index (χ3v) is 4.15. The van der Waals surface area contributed by atoms with Gasteiger partial charge in [-0.1, -0.05) is 6.07 Å². The molecule has 0 radical (unpaired) electrons. The third kappa shape index (κ3) is 4.12. The molecule has 10 nitrogen and oxygen atoms in total. The van der Waals surface area contributed by atoms with Crippen LogP contribution in [0.4, 0.5) is 11.5 Å². The van der Waals surface area contributed by atoms with Crippen LogP contribution in [0.3, 0.4) is 0 Å². The van der Waals surface area contributed by atoms with Crippen molar-refractivity contribution in [1.29, 1.82) is 0 Å². The molecule has 0 aliphatic heterocycles. The zero-order chi connectivity index (χ0) is 21.3. The second kappa shape index (κ2) is 7.66. The molecule has 1 aromatic carbocycles. The molecule has 0 fully saturated rings. The topological polar surface area (TPSA) is 115 Å². The van der Waals surface area contributed by atoms with E-state index in [4.69, 9.17) is 4.74 Å². The third-order valence-electron chi connectivity index (χ3n) is 4.15. The van der Waals surface area contributed by atoms with Crippen molar-refractivity contribution < 1.29 is 14.3 Å². The van der Waals surface area contributed by atoms with Gasteiger partial charge < -0.3 is 15.4 Å². The maximum Gasteiger partial charge on any atom is 0.273 e. The number of rotatable bonds is 5. The summed E-state index contributed by atoms with van der Waals surface area (Å²) in [5, 5.41) is 14.0. The number of nitrogens with one attached hydrogen (secondary N) is 2. The second-order valence-corrected chi connectivity index (χ2v) is 6.66. The first-order chi connectivity index (χ1) is 14.4. The molecule has 152 valence electrons. The first-order valence-corrected chi connectivity index (χ1v) is 9.11. The summed E-state index contributed by atoms with van der Waals surface area (Å²) in [6, 6.07) is 12.1. The molecule has 0 unspecified atom stereocenters. The molecule has 0 atom stereocenters. The van der Waals surface area contributed by atoms with Crippen LogP contribution >= 0.6 is 0 Å². The number of carbonyl (C=O) groups is 2. The van der Waals surface area contributed by atoms with Gasteiger partial charge in [0.05, 0.1) is 11.9 Å². The van der Waals surface area contributed by atoms with Crippen LogP contribution in [0.15, 0.2) is 48.7 Å². The van der Waals surface area contributed by atoms with E-state index in [2.05, 4.69) is 25.8 Å². The Kier molecular flexibility index (Phi) is 4.88. The molecule has 4 rings (SSSR count). The van der Waals surface area contributed by atoms with Crippen molar-refractivity contribution in [1.82, 2.24) is 24.4 Å². The highest BCUT2D eigenvalue weighted by Gasteiger charge is 2.13. The second-order valence-electron chi connectivity index (χ2n) is 6.66. The van der Waals surface area contributed by atoms with Crippen LogP contribution in [0.5, 0.6) is 11.6 Å². The normalized spacial score (nSPS) is 10.8. The van der Waals surface area contributed by atoms with Gasteiger partial charge in [-0.3, -0.25) is 14.3 Å². The predicted molar refractivity (Wildman–Crippen MR) is 110 cm³/mol. The lowest BCUT2D eigenvalue weighted by Crippen LogP contribution is -2.16. The lowest BCUT2D eigenvalue weighted by atomic mass is 10.3. The predicted octanol–water partition coefficient (Wildman–Crippen LogP) is 2.77. The van der Waals surface area contributed by atoms with Crippen molar-refractivity contribution in [3.05, 3.63) is 60.0 Å². The van der Waals surface area contributed by atoms with Crippen LogP contribution in [0.25, 0.3) is 5.65 Å². The number of benzene rings is 1. The minimum absolute atomic E-state index is 0.213. The Morgan fingerprint density at radius 2 is 1.90 bits per heavy atom. The lowest BCUT2D eigenvalue weighted by Gasteiger charge is -2.08. The Morgan fingerprint density at radius 3 is 2.63 bits per heavy atom. The number of anilines is 2. The highest BCUT2D eigenvalue weighted by Crippen LogP contribution is 2.24. The van der Waals surface area contributed by atoms with Gasteiger partial charge in [0.2, 0.25) is 11.8 Å². The van der Waals surface area contributed by atoms with Crippen LogP contribution < -0.4 is 15.4 Å². The van der Waals surface area contributed by atoms with Crippen LogP contribution in [-0.4, -0.2) is 36.2 Å². The van der Waals surface area contributed by atoms with E-state index in [1.54, 1.807) is 55.7 Å². The van der Waals surface area contributed by atoms with Crippen LogP contribution in [-0.2, 0) is 11.8 Å². The molecule has 4 aromatic rings. The van der Waals surface area contributed by atoms with E-state index in [-0.39, 0.29) is 11.8 Å². The molecule has 2 amide bonds. The fourth-order valence-corrected chi connectivity index (χ4v) is 2.94. The number of hydrogen-bond acceptors (Lipinski definition) is 6. The number of amides is 2. The average Bonchev–Trinajstić information content (AvgIpc) is 3.22. The van der Waals surface area contributed by atoms with E-state index in [1.165, 1.54) is 16.1 Å². The summed E-state index contributed by atoms with van der Waals surface area (Å²) in [6.45, 7) is 3.24. The highest BCUT2D eigenvalue weighted by molar-refractivity contribution is 6.03. The SMILES string of the molecule is CC(=O)Nc1cn2nc(Oc3cccc(NC(=O)c4cc(C)nn4C)c3)ccc2n1. The van der Waals surface area contributed by atoms with Crippen molar-refractivity contribution in [2.75, 3.05) is 10.6 Å². The number of ether oxygens (including phenoxy) is 1. The zero-order valence-corrected chi connectivity index (χ0v) is 16.6. The fraction of sp³-hybridized carbons (Fsp3) is 0.150. The van der Waals surface area contributed by atoms with Crippen LogP contribution in [0, 0.1) is 6.92 Å². The van der Waals surface area contributed by atoms with Crippen molar-refractivity contribution in [3.8, 4) is 11.6 Å². The average molecular weight is 405 g/mol. The molecule has 0 spiro atoms. The fourth-order valence-electron chi connectivity index (χ4n) is 2.94. The van der Waals surface area contributed by atoms with Gasteiger partial charge in [0.25, 0.3) is 5.91 Å². The smallest absolute Gasteiger partial charge is 0.273 e. The number of hydrogen-bond donors (Lipinski definition) is 2. The Hall–Kier alpha value is -4.21. The molecule has 0 saturated carbocycles. The summed E-state index contributed by atoms with van der Waals surface area (Å²) in [5.41, 5.74) is 2.37. The number of aryl methyl sites for hydroxylation is 2. The van der Waals surface area contributed by atoms with Crippen molar-refractivity contribution >= 4 is 29.0 Å². The van der Waals surface area contributed by atoms with Gasteiger partial charge in [0, 0.05) is 31.8 Å². The maximum absolute atomic E-state index is 12.5. The quantitative estimate of drug-likeness (QED) is 0.528. The largest absolute Gasteiger partial charge is 0.438 e. The summed E-state index contributed by atoms with van der Waals surface area (Å²) in [7, 11) is 1.72. The van der Waals surface area contributed by atoms with Crippen LogP contribution in [0.1, 0.15) is 23.1 Å². The maximum atomic E-state index is 12.5. The van der Waals surface area contributed by atoms with E-state index in [0.717, 1.165) is 5.69 Å². The minimum atomic E-state index is -0.265. The highest BCUT2D eigenvalue weighted by atomic mass is 16.5. The number of imidazole rings is 1. The summed E-state index contributed by atoms with van der Waals surface area (Å²) < 4.78 is 8.86. The molecule has 0 aliphatic rings. The van der Waals surface area contributed by atoms with Gasteiger partial charge in [-0.15, -0.1) is 5.10 Å². The summed E-state index contributed by atoms with van der Waals surface area (Å²) in [5.74, 6) is 0.763. The standard InChI is InChI=1S/C20H19N7O3/c1-12-9-16(26(3)24-12)20(29)22-14-5-4-6-15(10-14)30-19-8-7-18-23-17(21-13(2)28)11-27(18)25-19/h4-11H,1-3H3,(H,21,28)(H,22,29). The van der Waals surface area contributed by atoms with Crippen molar-refractivity contribution in [2.45, 2.75) is 13.8 Å². The van der Waals surface area contributed by atoms with Crippen molar-refractivity contribution in [2.24, 2.45) is 7.05 Å². The van der Waals surface area contributed by atoms with Crippen molar-refractivity contribution in [3.63, 3.8) is 0 Å². The molecule has 2 N–H and O–H groups in total. The van der Waals surface area contributed by atoms with Gasteiger partial charge in [-0.05, 0) is 31.2 Å². The molecule has 0 bridgehead atoms. The van der Waals surface area contributed by atoms with Gasteiger partial charge in [0.1, 0.15) is 11.4 Å². The lowest BCUT2D eigenvalue weighted by molar-refractivity contribution is -0.114. The van der Waals surface area contributed by atoms with Gasteiger partial charge >= 0.3 is 0 Å². The number of carbonyl (C=O) groups excluding carboxylic acids is 2. The number of aromatic nitrogens is 5. The first-order valence-electron chi connectivity index (χ1n) is 9.11. The summed E-state index contributed by atoms with van der Waals surface area (Å²) >= 11 is 0. The number of fused-ring (bicyclic) bond motifs is 1. The molecule has 3 aromatic heterocycles. The van der Waals surface area contributed by atoms with Gasteiger partial charge in [-0.2, -0.15) is 5.10 Å². The van der Waals surface area contributed by atoms with E-state index in [1.807, 2.05) is 6.92 Å². The van der Waals surface area contributed by atoms with E-state index >= 15 is 0 Å². The Morgan fingerprint density at radius 1 is 1.07 bits per heavy atom. The molecule has 0 saturated heterocycles. The van der Waals surface area contributed by atoms with Gasteiger partial charge in [0.15, 0.2) is 11.5 Å². The first kappa shape index (κ1) is 19.1. The van der Waals surface area contributed by atoms with Crippen LogP contribution in [0.2, 0.25) is 0 Å². The van der Waals surface area contributed by atoms with E-state index < -0.39 is 0 Å². The monoisotopic (exact) mass is 405 g/mol. The molecule has 10 heteroatoms. The molecule has 30 heavy (non-hydrogen) atoms. The minimum Gasteiger partial charge on any atom is -0.438 e. The Labute approximate surface area is 171 Å². The molecule has 0 aliphatic carbocycles. The zero-order valence-electron chi connectivity index (χ0n) is 16.6. The van der Waals surface area contributed by atoms with E-state index in [0.29, 0.717) is 34.5 Å². The number of nitrogens with zero attached hydrogens (tertiary/aromatic N) is 5. The molecular formula is C20H19N7O3. The van der Waals surface area contributed by atoms with E-state index in [9.17, 15) is 9.59 Å². The summed E-state index contributed by atoms with van der Waals surface area (Å²) in [4.78, 5) is 27.9. The Bertz CT molecular complexity index is 1260. The molecule has 3 heterocycles.